The number of guanidine groups is 1. The van der Waals surface area contributed by atoms with Crippen molar-refractivity contribution < 1.29 is 14.1 Å². The molecule has 156 valence electrons. The summed E-state index contributed by atoms with van der Waals surface area (Å²) in [4.78, 5) is 33.6. The lowest BCUT2D eigenvalue weighted by Crippen LogP contribution is -2.52. The highest BCUT2D eigenvalue weighted by Gasteiger charge is 2.28. The molecule has 0 unspecified atom stereocenters. The first-order valence-corrected chi connectivity index (χ1v) is 9.33. The van der Waals surface area contributed by atoms with Gasteiger partial charge in [0.05, 0.1) is 25.3 Å². The number of aromatic nitrogens is 1. The van der Waals surface area contributed by atoms with Crippen molar-refractivity contribution in [1.82, 2.24) is 30.5 Å². The standard InChI is InChI=1S/C17H27N7O3.HI/c1-3-18-16(19-4-5-24-15(25)11-20-17(24)26)23-8-6-22(7-9-23)12-14-10-13(2)27-21-14;/h10H,3-9,11-12H2,1-2H3,(H,18,19)(H,20,26);1H. The molecule has 0 bridgehead atoms. The SMILES string of the molecule is CCNC(=NCCN1C(=O)CNC1=O)N1CCN(Cc2cc(C)on2)CC1.I. The molecular weight excluding hydrogens is 477 g/mol. The summed E-state index contributed by atoms with van der Waals surface area (Å²) < 4.78 is 5.13. The van der Waals surface area contributed by atoms with Crippen LogP contribution in [-0.4, -0.2) is 90.1 Å². The average Bonchev–Trinajstić information content (AvgIpc) is 3.21. The van der Waals surface area contributed by atoms with Crippen LogP contribution in [0.15, 0.2) is 15.6 Å². The molecule has 2 fully saturated rings. The number of halogens is 1. The quantitative estimate of drug-likeness (QED) is 0.247. The van der Waals surface area contributed by atoms with Gasteiger partial charge in [0.25, 0.3) is 0 Å². The van der Waals surface area contributed by atoms with Crippen molar-refractivity contribution in [2.24, 2.45) is 4.99 Å². The largest absolute Gasteiger partial charge is 0.361 e. The molecule has 0 radical (unpaired) electrons. The molecule has 3 heterocycles. The van der Waals surface area contributed by atoms with E-state index < -0.39 is 0 Å². The summed E-state index contributed by atoms with van der Waals surface area (Å²) >= 11 is 0. The summed E-state index contributed by atoms with van der Waals surface area (Å²) in [5.74, 6) is 1.45. The van der Waals surface area contributed by atoms with Gasteiger partial charge in [0.2, 0.25) is 5.91 Å². The van der Waals surface area contributed by atoms with Gasteiger partial charge in [-0.15, -0.1) is 24.0 Å². The van der Waals surface area contributed by atoms with Gasteiger partial charge in [-0.3, -0.25) is 19.6 Å². The number of amides is 3. The molecule has 2 aliphatic heterocycles. The van der Waals surface area contributed by atoms with Crippen LogP contribution in [-0.2, 0) is 11.3 Å². The Morgan fingerprint density at radius 2 is 2.07 bits per heavy atom. The number of aryl methyl sites for hydroxylation is 1. The van der Waals surface area contributed by atoms with Crippen LogP contribution in [0.25, 0.3) is 0 Å². The number of imide groups is 1. The van der Waals surface area contributed by atoms with Crippen LogP contribution in [0.4, 0.5) is 4.79 Å². The summed E-state index contributed by atoms with van der Waals surface area (Å²) in [6, 6.07) is 1.63. The number of rotatable bonds is 6. The zero-order valence-corrected chi connectivity index (χ0v) is 18.6. The maximum Gasteiger partial charge on any atom is 0.324 e. The Bertz CT molecular complexity index is 685. The maximum absolute atomic E-state index is 11.6. The highest BCUT2D eigenvalue weighted by Crippen LogP contribution is 2.09. The molecule has 2 aliphatic rings. The first kappa shape index (κ1) is 22.4. The normalized spacial score (nSPS) is 18.3. The zero-order valence-electron chi connectivity index (χ0n) is 16.3. The number of nitrogens with one attached hydrogen (secondary N) is 2. The Kier molecular flexibility index (Phi) is 8.48. The van der Waals surface area contributed by atoms with Crippen LogP contribution in [0.2, 0.25) is 0 Å². The van der Waals surface area contributed by atoms with Crippen LogP contribution in [0.1, 0.15) is 18.4 Å². The Hall–Kier alpha value is -1.89. The summed E-state index contributed by atoms with van der Waals surface area (Å²) in [7, 11) is 0. The van der Waals surface area contributed by atoms with E-state index in [2.05, 4.69) is 30.6 Å². The van der Waals surface area contributed by atoms with Crippen LogP contribution in [0, 0.1) is 6.92 Å². The molecule has 0 atom stereocenters. The molecule has 10 nitrogen and oxygen atoms in total. The summed E-state index contributed by atoms with van der Waals surface area (Å²) in [5.41, 5.74) is 0.954. The van der Waals surface area contributed by atoms with Gasteiger partial charge >= 0.3 is 6.03 Å². The molecule has 0 spiro atoms. The molecule has 0 aromatic carbocycles. The lowest BCUT2D eigenvalue weighted by atomic mass is 10.3. The van der Waals surface area contributed by atoms with E-state index in [0.29, 0.717) is 13.1 Å². The Morgan fingerprint density at radius 3 is 2.64 bits per heavy atom. The summed E-state index contributed by atoms with van der Waals surface area (Å²) in [5, 5.41) is 9.86. The number of aliphatic imine (C=N–C) groups is 1. The van der Waals surface area contributed by atoms with Crippen molar-refractivity contribution >= 4 is 41.9 Å². The van der Waals surface area contributed by atoms with E-state index in [9.17, 15) is 9.59 Å². The number of piperazine rings is 1. The fraction of sp³-hybridized carbons (Fsp3) is 0.647. The molecule has 3 rings (SSSR count). The van der Waals surface area contributed by atoms with E-state index in [1.54, 1.807) is 0 Å². The van der Waals surface area contributed by atoms with E-state index in [-0.39, 0.29) is 42.5 Å². The van der Waals surface area contributed by atoms with Crippen molar-refractivity contribution in [1.29, 1.82) is 0 Å². The molecule has 3 amide bonds. The van der Waals surface area contributed by atoms with Crippen LogP contribution >= 0.6 is 24.0 Å². The van der Waals surface area contributed by atoms with E-state index in [0.717, 1.165) is 56.7 Å². The van der Waals surface area contributed by atoms with Gasteiger partial charge in [-0.2, -0.15) is 0 Å². The molecule has 0 aliphatic carbocycles. The van der Waals surface area contributed by atoms with Gasteiger partial charge in [0, 0.05) is 45.3 Å². The highest BCUT2D eigenvalue weighted by atomic mass is 127. The van der Waals surface area contributed by atoms with Crippen LogP contribution < -0.4 is 10.6 Å². The number of urea groups is 1. The maximum atomic E-state index is 11.6. The van der Waals surface area contributed by atoms with Gasteiger partial charge < -0.3 is 20.1 Å². The minimum Gasteiger partial charge on any atom is -0.361 e. The van der Waals surface area contributed by atoms with E-state index >= 15 is 0 Å². The third kappa shape index (κ3) is 5.80. The molecule has 1 aromatic heterocycles. The van der Waals surface area contributed by atoms with E-state index in [1.807, 2.05) is 19.9 Å². The lowest BCUT2D eigenvalue weighted by Gasteiger charge is -2.36. The zero-order chi connectivity index (χ0) is 19.2. The van der Waals surface area contributed by atoms with E-state index in [4.69, 9.17) is 4.52 Å². The number of carbonyl (C=O) groups is 2. The van der Waals surface area contributed by atoms with Crippen LogP contribution in [0.3, 0.4) is 0 Å². The van der Waals surface area contributed by atoms with Crippen molar-refractivity contribution in [2.45, 2.75) is 20.4 Å². The van der Waals surface area contributed by atoms with Gasteiger partial charge in [-0.25, -0.2) is 4.79 Å². The van der Waals surface area contributed by atoms with Crippen LogP contribution in [0.5, 0.6) is 0 Å². The average molecular weight is 505 g/mol. The molecule has 2 saturated heterocycles. The lowest BCUT2D eigenvalue weighted by molar-refractivity contribution is -0.124. The van der Waals surface area contributed by atoms with Gasteiger partial charge in [-0.1, -0.05) is 5.16 Å². The number of hydrogen-bond donors (Lipinski definition) is 2. The molecule has 1 aromatic rings. The fourth-order valence-corrected chi connectivity index (χ4v) is 3.20. The minimum atomic E-state index is -0.336. The smallest absolute Gasteiger partial charge is 0.324 e. The topological polar surface area (TPSA) is 106 Å². The molecule has 0 saturated carbocycles. The second-order valence-corrected chi connectivity index (χ2v) is 6.63. The van der Waals surface area contributed by atoms with Gasteiger partial charge in [0.15, 0.2) is 5.96 Å². The highest BCUT2D eigenvalue weighted by molar-refractivity contribution is 14.0. The van der Waals surface area contributed by atoms with Crippen molar-refractivity contribution in [3.63, 3.8) is 0 Å². The van der Waals surface area contributed by atoms with Gasteiger partial charge in [-0.05, 0) is 13.8 Å². The predicted octanol–water partition coefficient (Wildman–Crippen LogP) is 0.236. The minimum absolute atomic E-state index is 0. The molecule has 28 heavy (non-hydrogen) atoms. The first-order valence-electron chi connectivity index (χ1n) is 9.33. The van der Waals surface area contributed by atoms with Gasteiger partial charge in [0.1, 0.15) is 5.76 Å². The van der Waals surface area contributed by atoms with Crippen molar-refractivity contribution in [3.05, 3.63) is 17.5 Å². The second-order valence-electron chi connectivity index (χ2n) is 6.63. The molecule has 11 heteroatoms. The third-order valence-electron chi connectivity index (χ3n) is 4.59. The van der Waals surface area contributed by atoms with Crippen molar-refractivity contribution in [2.75, 3.05) is 52.4 Å². The first-order chi connectivity index (χ1) is 13.1. The second kappa shape index (κ2) is 10.6. The summed E-state index contributed by atoms with van der Waals surface area (Å²) in [6.45, 7) is 9.75. The Balaban J connectivity index is 0.00000280. The molecule has 2 N–H and O–H groups in total. The Morgan fingerprint density at radius 1 is 1.32 bits per heavy atom. The number of hydrogen-bond acceptors (Lipinski definition) is 6. The summed E-state index contributed by atoms with van der Waals surface area (Å²) in [6.07, 6.45) is 0. The Labute approximate surface area is 181 Å². The third-order valence-corrected chi connectivity index (χ3v) is 4.59. The predicted molar refractivity (Wildman–Crippen MR) is 115 cm³/mol. The number of carbonyl (C=O) groups excluding carboxylic acids is 2. The monoisotopic (exact) mass is 505 g/mol. The van der Waals surface area contributed by atoms with E-state index in [1.165, 1.54) is 4.90 Å². The van der Waals surface area contributed by atoms with Crippen molar-refractivity contribution in [3.8, 4) is 0 Å². The molecular formula is C17H28IN7O3. The number of nitrogens with zero attached hydrogens (tertiary/aromatic N) is 5. The fourth-order valence-electron chi connectivity index (χ4n) is 3.20.